The van der Waals surface area contributed by atoms with E-state index in [1.807, 2.05) is 42.2 Å². The van der Waals surface area contributed by atoms with Crippen molar-refractivity contribution < 1.29 is 4.39 Å². The SMILES string of the molecule is CC(Nn1cccc1)c1cccc(F)c1. The van der Waals surface area contributed by atoms with Gasteiger partial charge < -0.3 is 5.43 Å². The minimum atomic E-state index is -0.200. The maximum Gasteiger partial charge on any atom is 0.123 e. The van der Waals surface area contributed by atoms with E-state index in [2.05, 4.69) is 5.43 Å². The monoisotopic (exact) mass is 204 g/mol. The van der Waals surface area contributed by atoms with Crippen LogP contribution in [0.3, 0.4) is 0 Å². The Morgan fingerprint density at radius 1 is 1.20 bits per heavy atom. The van der Waals surface area contributed by atoms with Gasteiger partial charge in [0, 0.05) is 12.4 Å². The van der Waals surface area contributed by atoms with Crippen LogP contribution in [0.4, 0.5) is 4.39 Å². The summed E-state index contributed by atoms with van der Waals surface area (Å²) in [6.07, 6.45) is 3.82. The van der Waals surface area contributed by atoms with Crippen molar-refractivity contribution in [3.05, 3.63) is 60.2 Å². The first-order valence-corrected chi connectivity index (χ1v) is 4.91. The molecule has 1 atom stereocenters. The number of nitrogens with zero attached hydrogens (tertiary/aromatic N) is 1. The number of hydrogen-bond donors (Lipinski definition) is 1. The maximum atomic E-state index is 13.0. The van der Waals surface area contributed by atoms with Crippen molar-refractivity contribution in [3.63, 3.8) is 0 Å². The van der Waals surface area contributed by atoms with E-state index < -0.39 is 0 Å². The van der Waals surface area contributed by atoms with Gasteiger partial charge in [-0.3, -0.25) is 4.68 Å². The number of hydrogen-bond acceptors (Lipinski definition) is 1. The molecule has 0 bridgehead atoms. The van der Waals surface area contributed by atoms with Gasteiger partial charge in [0.1, 0.15) is 5.82 Å². The molecule has 2 rings (SSSR count). The topological polar surface area (TPSA) is 17.0 Å². The van der Waals surface area contributed by atoms with Crippen LogP contribution in [0.15, 0.2) is 48.8 Å². The third-order valence-corrected chi connectivity index (χ3v) is 2.30. The minimum Gasteiger partial charge on any atom is -0.319 e. The molecule has 0 aliphatic rings. The molecule has 0 saturated carbocycles. The average Bonchev–Trinajstić information content (AvgIpc) is 2.70. The second-order valence-electron chi connectivity index (χ2n) is 3.50. The molecule has 1 aromatic carbocycles. The Kier molecular flexibility index (Phi) is 2.72. The zero-order valence-electron chi connectivity index (χ0n) is 8.52. The third-order valence-electron chi connectivity index (χ3n) is 2.30. The summed E-state index contributed by atoms with van der Waals surface area (Å²) in [5.41, 5.74) is 4.15. The molecule has 1 heterocycles. The van der Waals surface area contributed by atoms with Crippen LogP contribution in [0.1, 0.15) is 18.5 Å². The molecule has 0 fully saturated rings. The van der Waals surface area contributed by atoms with Crippen LogP contribution in [0, 0.1) is 5.82 Å². The van der Waals surface area contributed by atoms with Gasteiger partial charge in [-0.2, -0.15) is 0 Å². The lowest BCUT2D eigenvalue weighted by Gasteiger charge is -2.16. The van der Waals surface area contributed by atoms with Crippen LogP contribution in [0.25, 0.3) is 0 Å². The van der Waals surface area contributed by atoms with Crippen molar-refractivity contribution in [3.8, 4) is 0 Å². The fourth-order valence-electron chi connectivity index (χ4n) is 1.49. The van der Waals surface area contributed by atoms with Gasteiger partial charge in [0.05, 0.1) is 6.04 Å². The molecular formula is C12H13FN2. The summed E-state index contributed by atoms with van der Waals surface area (Å²) < 4.78 is 14.8. The van der Waals surface area contributed by atoms with E-state index in [0.29, 0.717) is 0 Å². The fourth-order valence-corrected chi connectivity index (χ4v) is 1.49. The first kappa shape index (κ1) is 9.77. The highest BCUT2D eigenvalue weighted by Gasteiger charge is 2.04. The predicted molar refractivity (Wildman–Crippen MR) is 58.6 cm³/mol. The first-order chi connectivity index (χ1) is 7.25. The Morgan fingerprint density at radius 2 is 1.93 bits per heavy atom. The first-order valence-electron chi connectivity index (χ1n) is 4.91. The van der Waals surface area contributed by atoms with E-state index >= 15 is 0 Å². The van der Waals surface area contributed by atoms with Gasteiger partial charge in [0.2, 0.25) is 0 Å². The van der Waals surface area contributed by atoms with Gasteiger partial charge in [-0.15, -0.1) is 0 Å². The molecule has 2 nitrogen and oxygen atoms in total. The maximum absolute atomic E-state index is 13.0. The smallest absolute Gasteiger partial charge is 0.123 e. The summed E-state index contributed by atoms with van der Waals surface area (Å²) in [7, 11) is 0. The normalized spacial score (nSPS) is 12.4. The quantitative estimate of drug-likeness (QED) is 0.813. The lowest BCUT2D eigenvalue weighted by atomic mass is 10.1. The van der Waals surface area contributed by atoms with Crippen molar-refractivity contribution in [2.75, 3.05) is 5.43 Å². The average molecular weight is 204 g/mol. The van der Waals surface area contributed by atoms with Crippen molar-refractivity contribution in [2.45, 2.75) is 13.0 Å². The number of halogens is 1. The van der Waals surface area contributed by atoms with Gasteiger partial charge in [-0.05, 0) is 36.8 Å². The Labute approximate surface area is 88.3 Å². The highest BCUT2D eigenvalue weighted by Crippen LogP contribution is 2.14. The molecule has 1 aromatic heterocycles. The van der Waals surface area contributed by atoms with E-state index in [0.717, 1.165) is 5.56 Å². The van der Waals surface area contributed by atoms with Gasteiger partial charge in [0.15, 0.2) is 0 Å². The van der Waals surface area contributed by atoms with Crippen LogP contribution < -0.4 is 5.43 Å². The molecule has 0 aliphatic heterocycles. The van der Waals surface area contributed by atoms with Crippen LogP contribution in [-0.2, 0) is 0 Å². The summed E-state index contributed by atoms with van der Waals surface area (Å²) >= 11 is 0. The molecule has 15 heavy (non-hydrogen) atoms. The zero-order chi connectivity index (χ0) is 10.7. The predicted octanol–water partition coefficient (Wildman–Crippen LogP) is 2.93. The van der Waals surface area contributed by atoms with Crippen LogP contribution in [0.5, 0.6) is 0 Å². The van der Waals surface area contributed by atoms with Crippen molar-refractivity contribution in [2.24, 2.45) is 0 Å². The summed E-state index contributed by atoms with van der Waals surface area (Å²) in [6.45, 7) is 1.99. The second-order valence-corrected chi connectivity index (χ2v) is 3.50. The summed E-state index contributed by atoms with van der Waals surface area (Å²) in [6, 6.07) is 10.6. The van der Waals surface area contributed by atoms with Crippen molar-refractivity contribution >= 4 is 0 Å². The molecule has 1 unspecified atom stereocenters. The van der Waals surface area contributed by atoms with Crippen molar-refractivity contribution in [1.29, 1.82) is 0 Å². The van der Waals surface area contributed by atoms with Gasteiger partial charge in [-0.25, -0.2) is 4.39 Å². The van der Waals surface area contributed by atoms with E-state index in [1.165, 1.54) is 6.07 Å². The second kappa shape index (κ2) is 4.17. The van der Waals surface area contributed by atoms with E-state index in [9.17, 15) is 4.39 Å². The lowest BCUT2D eigenvalue weighted by molar-refractivity contribution is 0.621. The standard InChI is InChI=1S/C12H13FN2/c1-10(14-15-7-2-3-8-15)11-5-4-6-12(13)9-11/h2-10,14H,1H3. The molecule has 0 aliphatic carbocycles. The largest absolute Gasteiger partial charge is 0.319 e. The Hall–Kier alpha value is -1.77. The molecule has 1 N–H and O–H groups in total. The van der Waals surface area contributed by atoms with Gasteiger partial charge in [0.25, 0.3) is 0 Å². The summed E-state index contributed by atoms with van der Waals surface area (Å²) in [4.78, 5) is 0. The van der Waals surface area contributed by atoms with Crippen LogP contribution >= 0.6 is 0 Å². The fraction of sp³-hybridized carbons (Fsp3) is 0.167. The summed E-state index contributed by atoms with van der Waals surface area (Å²) in [5.74, 6) is -0.200. The molecule has 0 radical (unpaired) electrons. The molecule has 2 aromatic rings. The van der Waals surface area contributed by atoms with Crippen LogP contribution in [0.2, 0.25) is 0 Å². The van der Waals surface area contributed by atoms with Gasteiger partial charge in [-0.1, -0.05) is 12.1 Å². The molecule has 0 spiro atoms. The lowest BCUT2D eigenvalue weighted by Crippen LogP contribution is -2.16. The van der Waals surface area contributed by atoms with Crippen molar-refractivity contribution in [1.82, 2.24) is 4.68 Å². The minimum absolute atomic E-state index is 0.0769. The third kappa shape index (κ3) is 2.37. The molecule has 3 heteroatoms. The van der Waals surface area contributed by atoms with E-state index in [1.54, 1.807) is 12.1 Å². The number of nitrogens with one attached hydrogen (secondary N) is 1. The Balaban J connectivity index is 2.11. The van der Waals surface area contributed by atoms with E-state index in [4.69, 9.17) is 0 Å². The molecule has 78 valence electrons. The molecular weight excluding hydrogens is 191 g/mol. The number of benzene rings is 1. The molecule has 0 amide bonds. The number of aromatic nitrogens is 1. The Morgan fingerprint density at radius 3 is 2.60 bits per heavy atom. The molecule has 0 saturated heterocycles. The number of rotatable bonds is 3. The van der Waals surface area contributed by atoms with Crippen LogP contribution in [-0.4, -0.2) is 4.68 Å². The Bertz CT molecular complexity index is 423. The van der Waals surface area contributed by atoms with Gasteiger partial charge >= 0.3 is 0 Å². The van der Waals surface area contributed by atoms with E-state index in [-0.39, 0.29) is 11.9 Å². The summed E-state index contributed by atoms with van der Waals surface area (Å²) in [5, 5.41) is 0. The zero-order valence-corrected chi connectivity index (χ0v) is 8.52. The highest BCUT2D eigenvalue weighted by atomic mass is 19.1. The highest BCUT2D eigenvalue weighted by molar-refractivity contribution is 5.21.